The maximum absolute atomic E-state index is 12.9. The van der Waals surface area contributed by atoms with Crippen molar-refractivity contribution in [1.29, 1.82) is 0 Å². The van der Waals surface area contributed by atoms with E-state index in [1.54, 1.807) is 0 Å². The fourth-order valence-corrected chi connectivity index (χ4v) is 7.88. The molecule has 1 nitrogen and oxygen atoms in total. The van der Waals surface area contributed by atoms with Crippen LogP contribution in [0.4, 0.5) is 0 Å². The van der Waals surface area contributed by atoms with E-state index in [2.05, 4.69) is 50.3 Å². The monoisotopic (exact) mass is 362 g/mol. The average Bonchev–Trinajstić information content (AvgIpc) is 3.05. The summed E-state index contributed by atoms with van der Waals surface area (Å²) < 4.78 is 0. The number of carbonyl (C=O) groups excluding carboxylic acids is 1. The Labute approximate surface area is 164 Å². The maximum atomic E-state index is 12.9. The summed E-state index contributed by atoms with van der Waals surface area (Å²) in [5.74, 6) is 3.73. The Balaban J connectivity index is 1.46. The van der Waals surface area contributed by atoms with Crippen molar-refractivity contribution < 1.29 is 4.79 Å². The molecule has 0 heterocycles. The number of rotatable bonds is 1. The number of carbonyl (C=O) groups is 1. The molecule has 4 aliphatic rings. The summed E-state index contributed by atoms with van der Waals surface area (Å²) in [6.45, 7) is 5.14. The van der Waals surface area contributed by atoms with Gasteiger partial charge in [0.2, 0.25) is 0 Å². The average molecular weight is 363 g/mol. The van der Waals surface area contributed by atoms with Crippen LogP contribution in [-0.2, 0) is 4.79 Å². The van der Waals surface area contributed by atoms with E-state index < -0.39 is 0 Å². The third-order valence-corrected chi connectivity index (χ3v) is 9.35. The van der Waals surface area contributed by atoms with Crippen LogP contribution in [0.1, 0.15) is 77.2 Å². The first-order valence-corrected chi connectivity index (χ1v) is 11.3. The normalized spacial score (nSPS) is 45.3. The summed E-state index contributed by atoms with van der Waals surface area (Å²) in [5, 5.41) is 0. The zero-order chi connectivity index (χ0) is 18.6. The summed E-state index contributed by atoms with van der Waals surface area (Å²) in [6.07, 6.45) is 13.9. The molecular weight excluding hydrogens is 328 g/mol. The van der Waals surface area contributed by atoms with E-state index in [4.69, 9.17) is 0 Å². The molecule has 0 amide bonds. The van der Waals surface area contributed by atoms with Crippen molar-refractivity contribution >= 4 is 11.9 Å². The fraction of sp³-hybridized carbons (Fsp3) is 0.654. The van der Waals surface area contributed by atoms with Crippen LogP contribution < -0.4 is 0 Å². The first kappa shape index (κ1) is 17.7. The van der Waals surface area contributed by atoms with Crippen LogP contribution in [0, 0.1) is 34.5 Å². The molecule has 0 aliphatic heterocycles. The zero-order valence-electron chi connectivity index (χ0n) is 17.0. The summed E-state index contributed by atoms with van der Waals surface area (Å²) in [5.41, 5.74) is 3.24. The smallest absolute Gasteiger partial charge is 0.159 e. The van der Waals surface area contributed by atoms with E-state index in [0.717, 1.165) is 36.2 Å². The minimum Gasteiger partial charge on any atom is -0.295 e. The SMILES string of the molecule is C[C@]12CCC[C@@H]1[C@@H]1CC[C@H]3CC(=O)/C(=C\c4ccccc4)C[C@@]3(C)[C@H]1CC2. The van der Waals surface area contributed by atoms with Gasteiger partial charge in [0.15, 0.2) is 5.78 Å². The zero-order valence-corrected chi connectivity index (χ0v) is 17.0. The Morgan fingerprint density at radius 1 is 0.963 bits per heavy atom. The van der Waals surface area contributed by atoms with Crippen LogP contribution >= 0.6 is 0 Å². The highest BCUT2D eigenvalue weighted by atomic mass is 16.1. The Morgan fingerprint density at radius 3 is 2.59 bits per heavy atom. The van der Waals surface area contributed by atoms with Crippen molar-refractivity contribution in [3.05, 3.63) is 41.5 Å². The molecule has 1 aromatic rings. The van der Waals surface area contributed by atoms with E-state index in [1.165, 1.54) is 50.5 Å². The van der Waals surface area contributed by atoms with Crippen LogP contribution in [0.5, 0.6) is 0 Å². The van der Waals surface area contributed by atoms with Gasteiger partial charge in [-0.2, -0.15) is 0 Å². The Morgan fingerprint density at radius 2 is 1.78 bits per heavy atom. The van der Waals surface area contributed by atoms with E-state index in [1.807, 2.05) is 0 Å². The molecule has 27 heavy (non-hydrogen) atoms. The third-order valence-electron chi connectivity index (χ3n) is 9.35. The van der Waals surface area contributed by atoms with Gasteiger partial charge < -0.3 is 0 Å². The summed E-state index contributed by atoms with van der Waals surface area (Å²) in [7, 11) is 0. The minimum absolute atomic E-state index is 0.335. The second-order valence-corrected chi connectivity index (χ2v) is 10.6. The second kappa shape index (κ2) is 6.33. The Kier molecular flexibility index (Phi) is 4.15. The molecule has 4 saturated carbocycles. The molecule has 4 fully saturated rings. The predicted molar refractivity (Wildman–Crippen MR) is 111 cm³/mol. The topological polar surface area (TPSA) is 17.1 Å². The molecule has 0 unspecified atom stereocenters. The number of fused-ring (bicyclic) bond motifs is 5. The molecule has 144 valence electrons. The lowest BCUT2D eigenvalue weighted by Gasteiger charge is -2.60. The van der Waals surface area contributed by atoms with Crippen molar-refractivity contribution in [2.24, 2.45) is 34.5 Å². The van der Waals surface area contributed by atoms with Crippen LogP contribution in [-0.4, -0.2) is 5.78 Å². The van der Waals surface area contributed by atoms with Crippen molar-refractivity contribution in [2.45, 2.75) is 71.6 Å². The van der Waals surface area contributed by atoms with Gasteiger partial charge in [0.25, 0.3) is 0 Å². The molecular formula is C26H34O. The molecule has 5 rings (SSSR count). The molecule has 0 radical (unpaired) electrons. The maximum Gasteiger partial charge on any atom is 0.159 e. The lowest BCUT2D eigenvalue weighted by Crippen LogP contribution is -2.53. The highest BCUT2D eigenvalue weighted by molar-refractivity contribution is 6.00. The Hall–Kier alpha value is -1.37. The molecule has 0 saturated heterocycles. The van der Waals surface area contributed by atoms with Gasteiger partial charge in [-0.1, -0.05) is 50.6 Å². The van der Waals surface area contributed by atoms with E-state index in [-0.39, 0.29) is 0 Å². The molecule has 4 aliphatic carbocycles. The van der Waals surface area contributed by atoms with Crippen molar-refractivity contribution in [1.82, 2.24) is 0 Å². The molecule has 0 spiro atoms. The quantitative estimate of drug-likeness (QED) is 0.509. The van der Waals surface area contributed by atoms with Gasteiger partial charge in [0.05, 0.1) is 0 Å². The third kappa shape index (κ3) is 2.76. The summed E-state index contributed by atoms with van der Waals surface area (Å²) in [6, 6.07) is 10.5. The Bertz CT molecular complexity index is 762. The molecule has 1 aromatic carbocycles. The van der Waals surface area contributed by atoms with Gasteiger partial charge in [-0.25, -0.2) is 0 Å². The minimum atomic E-state index is 0.335. The van der Waals surface area contributed by atoms with Gasteiger partial charge in [0.1, 0.15) is 0 Å². The lowest BCUT2D eigenvalue weighted by molar-refractivity contribution is -0.130. The van der Waals surface area contributed by atoms with Gasteiger partial charge >= 0.3 is 0 Å². The standard InChI is InChI=1S/C26H34O/c1-25-13-6-9-22(25)21-11-10-20-16-24(27)19(15-18-7-4-3-5-8-18)17-26(20,2)23(21)12-14-25/h3-5,7-8,15,20-23H,6,9-14,16-17H2,1-2H3/b19-15-/t20-,21-,22+,23-,25+,26+/m0/s1. The highest BCUT2D eigenvalue weighted by Gasteiger charge is 2.58. The first-order chi connectivity index (χ1) is 13.0. The molecule has 6 atom stereocenters. The van der Waals surface area contributed by atoms with E-state index in [0.29, 0.717) is 22.5 Å². The second-order valence-electron chi connectivity index (χ2n) is 10.6. The largest absolute Gasteiger partial charge is 0.295 e. The van der Waals surface area contributed by atoms with Gasteiger partial charge in [-0.3, -0.25) is 4.79 Å². The molecule has 1 heteroatoms. The van der Waals surface area contributed by atoms with Crippen molar-refractivity contribution in [3.8, 4) is 0 Å². The van der Waals surface area contributed by atoms with Gasteiger partial charge in [-0.05, 0) is 96.7 Å². The number of benzene rings is 1. The van der Waals surface area contributed by atoms with Crippen LogP contribution in [0.3, 0.4) is 0 Å². The summed E-state index contributed by atoms with van der Waals surface area (Å²) >= 11 is 0. The van der Waals surface area contributed by atoms with E-state index >= 15 is 0 Å². The predicted octanol–water partition coefficient (Wildman–Crippen LogP) is 6.68. The number of ketones is 1. The van der Waals surface area contributed by atoms with E-state index in [9.17, 15) is 4.79 Å². The van der Waals surface area contributed by atoms with Crippen molar-refractivity contribution in [2.75, 3.05) is 0 Å². The first-order valence-electron chi connectivity index (χ1n) is 11.3. The van der Waals surface area contributed by atoms with Gasteiger partial charge in [-0.15, -0.1) is 0 Å². The molecule has 0 bridgehead atoms. The highest BCUT2D eigenvalue weighted by Crippen LogP contribution is 2.66. The molecule has 0 aromatic heterocycles. The van der Waals surface area contributed by atoms with Crippen molar-refractivity contribution in [3.63, 3.8) is 0 Å². The lowest BCUT2D eigenvalue weighted by atomic mass is 9.45. The fourth-order valence-electron chi connectivity index (χ4n) is 7.88. The van der Waals surface area contributed by atoms with Crippen LogP contribution in [0.2, 0.25) is 0 Å². The number of hydrogen-bond acceptors (Lipinski definition) is 1. The number of Topliss-reactive ketones (excluding diaryl/α,β-unsaturated/α-hetero) is 1. The number of hydrogen-bond donors (Lipinski definition) is 0. The number of allylic oxidation sites excluding steroid dienone is 1. The summed E-state index contributed by atoms with van der Waals surface area (Å²) in [4.78, 5) is 12.9. The molecule has 0 N–H and O–H groups in total. The van der Waals surface area contributed by atoms with Gasteiger partial charge in [0, 0.05) is 6.42 Å². The van der Waals surface area contributed by atoms with Crippen LogP contribution in [0.15, 0.2) is 35.9 Å². The van der Waals surface area contributed by atoms with Crippen LogP contribution in [0.25, 0.3) is 6.08 Å².